The molecule has 2 aromatic rings. The van der Waals surface area contributed by atoms with Gasteiger partial charge in [-0.15, -0.1) is 10.2 Å². The normalized spacial score (nSPS) is 11.3. The van der Waals surface area contributed by atoms with Crippen LogP contribution in [0.1, 0.15) is 24.2 Å². The van der Waals surface area contributed by atoms with Crippen LogP contribution in [0.4, 0.5) is 10.8 Å². The summed E-state index contributed by atoms with van der Waals surface area (Å²) in [5.74, 6) is -0.288. The number of aromatic nitrogens is 2. The fourth-order valence-corrected chi connectivity index (χ4v) is 4.30. The molecule has 0 saturated carbocycles. The van der Waals surface area contributed by atoms with E-state index in [2.05, 4.69) is 15.5 Å². The maximum atomic E-state index is 12.2. The minimum Gasteiger partial charge on any atom is -0.296 e. The van der Waals surface area contributed by atoms with Crippen LogP contribution in [-0.2, 0) is 10.0 Å². The Bertz CT molecular complexity index is 803. The molecule has 7 nitrogen and oxygen atoms in total. The molecule has 1 N–H and O–H groups in total. The van der Waals surface area contributed by atoms with E-state index in [0.29, 0.717) is 22.9 Å². The van der Waals surface area contributed by atoms with Gasteiger partial charge in [-0.25, -0.2) is 8.42 Å². The molecule has 0 saturated heterocycles. The highest BCUT2D eigenvalue weighted by molar-refractivity contribution is 8.00. The van der Waals surface area contributed by atoms with Crippen LogP contribution < -0.4 is 9.62 Å². The van der Waals surface area contributed by atoms with Gasteiger partial charge in [0.2, 0.25) is 15.2 Å². The van der Waals surface area contributed by atoms with Crippen molar-refractivity contribution in [1.29, 1.82) is 0 Å². The number of anilines is 2. The van der Waals surface area contributed by atoms with Crippen LogP contribution in [0.25, 0.3) is 0 Å². The first-order chi connectivity index (χ1) is 11.4. The number of carbonyl (C=O) groups excluding carboxylic acids is 1. The monoisotopic (exact) mass is 386 g/mol. The van der Waals surface area contributed by atoms with Crippen LogP contribution in [-0.4, -0.2) is 43.1 Å². The number of nitrogens with one attached hydrogen (secondary N) is 1. The SMILES string of the molecule is CCN(c1ccc(C(=O)Nc2nnc(SC)s2)cc1)S(=O)(=O)CC. The molecule has 1 heterocycles. The van der Waals surface area contributed by atoms with Crippen molar-refractivity contribution in [3.63, 3.8) is 0 Å². The molecule has 0 radical (unpaired) electrons. The van der Waals surface area contributed by atoms with Crippen LogP contribution in [0.15, 0.2) is 28.6 Å². The maximum absolute atomic E-state index is 12.2. The Morgan fingerprint density at radius 3 is 2.42 bits per heavy atom. The van der Waals surface area contributed by atoms with Gasteiger partial charge in [-0.05, 0) is 44.4 Å². The summed E-state index contributed by atoms with van der Waals surface area (Å²) in [5.41, 5.74) is 0.959. The molecule has 0 spiro atoms. The van der Waals surface area contributed by atoms with E-state index in [-0.39, 0.29) is 11.7 Å². The second kappa shape index (κ2) is 7.95. The molecular formula is C14H18N4O3S3. The van der Waals surface area contributed by atoms with Crippen molar-refractivity contribution in [3.8, 4) is 0 Å². The van der Waals surface area contributed by atoms with E-state index in [0.717, 1.165) is 4.34 Å². The van der Waals surface area contributed by atoms with Crippen LogP contribution in [0.2, 0.25) is 0 Å². The lowest BCUT2D eigenvalue weighted by molar-refractivity contribution is 0.102. The summed E-state index contributed by atoms with van der Waals surface area (Å²) in [4.78, 5) is 12.2. The summed E-state index contributed by atoms with van der Waals surface area (Å²) < 4.78 is 26.2. The number of carbonyl (C=O) groups is 1. The van der Waals surface area contributed by atoms with Crippen molar-refractivity contribution in [2.75, 3.05) is 28.2 Å². The predicted molar refractivity (Wildman–Crippen MR) is 98.6 cm³/mol. The van der Waals surface area contributed by atoms with Crippen LogP contribution >= 0.6 is 23.1 Å². The third-order valence-corrected chi connectivity index (χ3v) is 6.89. The van der Waals surface area contributed by atoms with Gasteiger partial charge in [-0.3, -0.25) is 14.4 Å². The summed E-state index contributed by atoms with van der Waals surface area (Å²) in [5, 5.41) is 10.9. The summed E-state index contributed by atoms with van der Waals surface area (Å²) in [6.07, 6.45) is 1.88. The lowest BCUT2D eigenvalue weighted by Crippen LogP contribution is -2.32. The van der Waals surface area contributed by atoms with E-state index in [1.807, 2.05) is 6.26 Å². The van der Waals surface area contributed by atoms with Gasteiger partial charge in [0.05, 0.1) is 11.4 Å². The molecule has 0 aliphatic carbocycles. The largest absolute Gasteiger partial charge is 0.296 e. The van der Waals surface area contributed by atoms with E-state index in [4.69, 9.17) is 0 Å². The van der Waals surface area contributed by atoms with E-state index < -0.39 is 10.0 Å². The molecule has 0 aliphatic heterocycles. The molecular weight excluding hydrogens is 368 g/mol. The fraction of sp³-hybridized carbons (Fsp3) is 0.357. The van der Waals surface area contributed by atoms with Crippen molar-refractivity contribution >= 4 is 49.8 Å². The first-order valence-corrected chi connectivity index (χ1v) is 10.9. The Labute approximate surface area is 149 Å². The first kappa shape index (κ1) is 18.7. The second-order valence-corrected chi connectivity index (χ2v) is 8.86. The zero-order chi connectivity index (χ0) is 17.7. The zero-order valence-corrected chi connectivity index (χ0v) is 16.0. The molecule has 2 rings (SSSR count). The van der Waals surface area contributed by atoms with Gasteiger partial charge in [0, 0.05) is 12.1 Å². The average molecular weight is 387 g/mol. The number of nitrogens with zero attached hydrogens (tertiary/aromatic N) is 3. The van der Waals surface area contributed by atoms with Gasteiger partial charge in [0.15, 0.2) is 4.34 Å². The minimum atomic E-state index is -3.33. The molecule has 0 fully saturated rings. The maximum Gasteiger partial charge on any atom is 0.257 e. The molecule has 24 heavy (non-hydrogen) atoms. The average Bonchev–Trinajstić information content (AvgIpc) is 3.03. The Hall–Kier alpha value is -1.65. The standard InChI is InChI=1S/C14H18N4O3S3/c1-4-18(24(20,21)5-2)11-8-6-10(7-9-11)12(19)15-13-16-17-14(22-3)23-13/h6-9H,4-5H2,1-3H3,(H,15,16,19). The van der Waals surface area contributed by atoms with Crippen LogP contribution in [0.5, 0.6) is 0 Å². The number of rotatable bonds is 7. The number of benzene rings is 1. The number of sulfonamides is 1. The number of hydrogen-bond donors (Lipinski definition) is 1. The van der Waals surface area contributed by atoms with Gasteiger partial charge in [-0.1, -0.05) is 23.1 Å². The van der Waals surface area contributed by atoms with Gasteiger partial charge in [-0.2, -0.15) is 0 Å². The Kier molecular flexibility index (Phi) is 6.19. The van der Waals surface area contributed by atoms with Crippen LogP contribution in [0, 0.1) is 0 Å². The summed E-state index contributed by atoms with van der Waals surface area (Å²) in [6.45, 7) is 3.71. The Morgan fingerprint density at radius 2 is 1.92 bits per heavy atom. The lowest BCUT2D eigenvalue weighted by Gasteiger charge is -2.22. The highest BCUT2D eigenvalue weighted by atomic mass is 32.2. The molecule has 1 aromatic heterocycles. The van der Waals surface area contributed by atoms with Crippen molar-refractivity contribution in [2.45, 2.75) is 18.2 Å². The number of amides is 1. The summed E-state index contributed by atoms with van der Waals surface area (Å²) in [6, 6.07) is 6.43. The first-order valence-electron chi connectivity index (χ1n) is 7.20. The third-order valence-electron chi connectivity index (χ3n) is 3.21. The second-order valence-electron chi connectivity index (χ2n) is 4.64. The van der Waals surface area contributed by atoms with Crippen molar-refractivity contribution < 1.29 is 13.2 Å². The van der Waals surface area contributed by atoms with Gasteiger partial charge in [0.1, 0.15) is 0 Å². The van der Waals surface area contributed by atoms with Gasteiger partial charge < -0.3 is 0 Å². The molecule has 1 aromatic carbocycles. The molecule has 10 heteroatoms. The highest BCUT2D eigenvalue weighted by Crippen LogP contribution is 2.24. The van der Waals surface area contributed by atoms with Crippen molar-refractivity contribution in [1.82, 2.24) is 10.2 Å². The summed E-state index contributed by atoms with van der Waals surface area (Å²) >= 11 is 2.75. The molecule has 1 amide bonds. The molecule has 0 bridgehead atoms. The Balaban J connectivity index is 2.14. The Morgan fingerprint density at radius 1 is 1.25 bits per heavy atom. The number of hydrogen-bond acceptors (Lipinski definition) is 7. The van der Waals surface area contributed by atoms with Crippen molar-refractivity contribution in [3.05, 3.63) is 29.8 Å². The molecule has 130 valence electrons. The van der Waals surface area contributed by atoms with E-state index in [1.165, 1.54) is 27.4 Å². The van der Waals surface area contributed by atoms with Gasteiger partial charge in [0.25, 0.3) is 5.91 Å². The van der Waals surface area contributed by atoms with Crippen LogP contribution in [0.3, 0.4) is 0 Å². The van der Waals surface area contributed by atoms with E-state index in [9.17, 15) is 13.2 Å². The lowest BCUT2D eigenvalue weighted by atomic mass is 10.2. The predicted octanol–water partition coefficient (Wildman–Crippen LogP) is 2.69. The van der Waals surface area contributed by atoms with E-state index >= 15 is 0 Å². The molecule has 0 unspecified atom stereocenters. The quantitative estimate of drug-likeness (QED) is 0.581. The fourth-order valence-electron chi connectivity index (χ4n) is 1.99. The molecule has 0 aliphatic rings. The summed E-state index contributed by atoms with van der Waals surface area (Å²) in [7, 11) is -3.33. The van der Waals surface area contributed by atoms with Gasteiger partial charge >= 0.3 is 0 Å². The van der Waals surface area contributed by atoms with E-state index in [1.54, 1.807) is 38.1 Å². The smallest absolute Gasteiger partial charge is 0.257 e. The number of thioether (sulfide) groups is 1. The zero-order valence-electron chi connectivity index (χ0n) is 13.5. The third kappa shape index (κ3) is 4.25. The topological polar surface area (TPSA) is 92.3 Å². The highest BCUT2D eigenvalue weighted by Gasteiger charge is 2.19. The van der Waals surface area contributed by atoms with Crippen molar-refractivity contribution in [2.24, 2.45) is 0 Å². The molecule has 0 atom stereocenters. The minimum absolute atomic E-state index is 0.0257.